The molecule has 0 atom stereocenters. The number of rotatable bonds is 7. The topological polar surface area (TPSA) is 79.1 Å². The first kappa shape index (κ1) is 24.1. The lowest BCUT2D eigenvalue weighted by Crippen LogP contribution is -2.65. The van der Waals surface area contributed by atoms with Gasteiger partial charge >= 0.3 is 0 Å². The monoisotopic (exact) mass is 509 g/mol. The number of nitrogens with zero attached hydrogens (tertiary/aromatic N) is 4. The highest BCUT2D eigenvalue weighted by molar-refractivity contribution is 6.98. The molecule has 2 N–H and O–H groups in total. The lowest BCUT2D eigenvalue weighted by Gasteiger charge is -2.42. The van der Waals surface area contributed by atoms with Gasteiger partial charge in [-0.3, -0.25) is 0 Å². The van der Waals surface area contributed by atoms with Crippen LogP contribution in [-0.4, -0.2) is 37.9 Å². The molecule has 1 aliphatic rings. The summed E-state index contributed by atoms with van der Waals surface area (Å²) >= 11 is 0. The molecule has 3 aromatic heterocycles. The first-order valence-corrected chi connectivity index (χ1v) is 15.4. The maximum atomic E-state index is 12.5. The molecule has 0 bridgehead atoms. The summed E-state index contributed by atoms with van der Waals surface area (Å²) in [7, 11) is -2.95. The molecule has 0 amide bonds. The number of H-pyrrole nitrogens is 1. The van der Waals surface area contributed by atoms with Gasteiger partial charge in [-0.1, -0.05) is 86.1 Å². The minimum atomic E-state index is -2.95. The van der Waals surface area contributed by atoms with Gasteiger partial charge in [0, 0.05) is 17.5 Å². The van der Waals surface area contributed by atoms with Gasteiger partial charge in [-0.2, -0.15) is 0 Å². The third-order valence-corrected chi connectivity index (χ3v) is 13.3. The minimum absolute atomic E-state index is 0.191. The van der Waals surface area contributed by atoms with E-state index in [0.29, 0.717) is 11.8 Å². The van der Waals surface area contributed by atoms with Gasteiger partial charge in [-0.15, -0.1) is 5.10 Å². The van der Waals surface area contributed by atoms with Crippen LogP contribution in [0.4, 0.5) is 0 Å². The Labute approximate surface area is 218 Å². The van der Waals surface area contributed by atoms with E-state index in [1.807, 2.05) is 22.8 Å². The third-order valence-electron chi connectivity index (χ3n) is 8.77. The molecule has 1 saturated carbocycles. The van der Waals surface area contributed by atoms with E-state index in [9.17, 15) is 4.80 Å². The van der Waals surface area contributed by atoms with Crippen LogP contribution in [0.5, 0.6) is 0 Å². The van der Waals surface area contributed by atoms with E-state index >= 15 is 0 Å². The number of benzene rings is 2. The van der Waals surface area contributed by atoms with Crippen LogP contribution < -0.4 is 10.4 Å². The first-order chi connectivity index (χ1) is 18.0. The molecule has 6 rings (SSSR count). The van der Waals surface area contributed by atoms with Gasteiger partial charge in [0.25, 0.3) is 8.32 Å². The molecule has 0 radical (unpaired) electrons. The van der Waals surface area contributed by atoms with Crippen LogP contribution in [0.25, 0.3) is 16.6 Å². The summed E-state index contributed by atoms with van der Waals surface area (Å²) in [5, 5.41) is 12.1. The number of nitrogens with one attached hydrogen (secondary N) is 1. The highest BCUT2D eigenvalue weighted by Gasteiger charge is 2.49. The molecule has 1 fully saturated rings. The second-order valence-corrected chi connectivity index (χ2v) is 15.3. The summed E-state index contributed by atoms with van der Waals surface area (Å²) in [5.74, 6) is 1.11. The normalized spacial score (nSPS) is 19.0. The number of aromatic nitrogens is 5. The Hall–Kier alpha value is -3.29. The first-order valence-electron chi connectivity index (χ1n) is 13.5. The van der Waals surface area contributed by atoms with Crippen LogP contribution in [-0.2, 0) is 0 Å². The van der Waals surface area contributed by atoms with Crippen molar-refractivity contribution in [1.29, 1.82) is 0 Å². The molecule has 0 saturated heterocycles. The maximum absolute atomic E-state index is 12.5. The van der Waals surface area contributed by atoms with Crippen molar-refractivity contribution >= 4 is 35.2 Å². The molecule has 0 unspecified atom stereocenters. The standard InChI is InChI=1S/C30H35N5OSi/c1-30(2,37(36,24-9-5-3-6-10-24)25-11-7-4-8-12-25)19-17-22-13-15-23(16-14-22)27-28-26-18-20-31-29(26)32-21-35(28)34-33-27/h3-12,18,20-23,31,36H,13-17,19H2,1-2H3/t22-,23-. The van der Waals surface area contributed by atoms with E-state index in [1.54, 1.807) is 6.33 Å². The molecule has 3 heterocycles. The second kappa shape index (κ2) is 9.54. The predicted octanol–water partition coefficient (Wildman–Crippen LogP) is 5.19. The quantitative estimate of drug-likeness (QED) is 0.296. The van der Waals surface area contributed by atoms with Crippen molar-refractivity contribution in [3.05, 3.63) is 84.9 Å². The van der Waals surface area contributed by atoms with Crippen molar-refractivity contribution in [2.24, 2.45) is 5.92 Å². The summed E-state index contributed by atoms with van der Waals surface area (Å²) in [5.41, 5.74) is 3.10. The van der Waals surface area contributed by atoms with E-state index in [0.717, 1.165) is 58.3 Å². The number of hydrogen-bond donors (Lipinski definition) is 2. The largest absolute Gasteiger partial charge is 0.424 e. The lowest BCUT2D eigenvalue weighted by molar-refractivity contribution is 0.289. The third kappa shape index (κ3) is 4.20. The van der Waals surface area contributed by atoms with E-state index in [-0.39, 0.29) is 5.04 Å². The zero-order valence-corrected chi connectivity index (χ0v) is 22.6. The Kier molecular flexibility index (Phi) is 6.21. The summed E-state index contributed by atoms with van der Waals surface area (Å²) in [6.45, 7) is 4.56. The molecule has 0 aliphatic heterocycles. The molecular weight excluding hydrogens is 474 g/mol. The molecule has 6 nitrogen and oxygen atoms in total. The Morgan fingerprint density at radius 1 is 0.946 bits per heavy atom. The van der Waals surface area contributed by atoms with Crippen molar-refractivity contribution in [2.45, 2.75) is 63.3 Å². The smallest absolute Gasteiger partial charge is 0.258 e. The van der Waals surface area contributed by atoms with Gasteiger partial charge in [0.2, 0.25) is 0 Å². The fraction of sp³-hybridized carbons (Fsp3) is 0.367. The Morgan fingerprint density at radius 2 is 1.59 bits per heavy atom. The van der Waals surface area contributed by atoms with Crippen LogP contribution in [0.1, 0.15) is 64.0 Å². The number of aromatic amines is 1. The SMILES string of the molecule is CC(C)(CC[C@H]1CC[C@H](c2nnn3cnc4[nH]ccc4c23)CC1)[Si](O)(c1ccccc1)c1ccccc1. The summed E-state index contributed by atoms with van der Waals surface area (Å²) in [4.78, 5) is 20.1. The number of hydrogen-bond acceptors (Lipinski definition) is 4. The highest BCUT2D eigenvalue weighted by atomic mass is 28.4. The van der Waals surface area contributed by atoms with Crippen molar-refractivity contribution in [3.63, 3.8) is 0 Å². The van der Waals surface area contributed by atoms with Gasteiger partial charge in [0.05, 0.1) is 5.69 Å². The van der Waals surface area contributed by atoms with Crippen LogP contribution >= 0.6 is 0 Å². The van der Waals surface area contributed by atoms with E-state index in [4.69, 9.17) is 0 Å². The fourth-order valence-corrected chi connectivity index (χ4v) is 10.2. The van der Waals surface area contributed by atoms with Gasteiger partial charge in [0.15, 0.2) is 0 Å². The van der Waals surface area contributed by atoms with Crippen molar-refractivity contribution in [2.75, 3.05) is 0 Å². The van der Waals surface area contributed by atoms with Gasteiger partial charge in [-0.05, 0) is 59.5 Å². The van der Waals surface area contributed by atoms with Crippen LogP contribution in [0, 0.1) is 5.92 Å². The average Bonchev–Trinajstić information content (AvgIpc) is 3.60. The van der Waals surface area contributed by atoms with Crippen LogP contribution in [0.15, 0.2) is 79.3 Å². The zero-order chi connectivity index (χ0) is 25.5. The van der Waals surface area contributed by atoms with Crippen molar-refractivity contribution in [3.8, 4) is 0 Å². The zero-order valence-electron chi connectivity index (χ0n) is 21.6. The molecule has 2 aromatic carbocycles. The molecule has 37 heavy (non-hydrogen) atoms. The van der Waals surface area contributed by atoms with Gasteiger partial charge in [0.1, 0.15) is 17.5 Å². The van der Waals surface area contributed by atoms with E-state index < -0.39 is 8.32 Å². The van der Waals surface area contributed by atoms with Crippen molar-refractivity contribution in [1.82, 2.24) is 24.8 Å². The summed E-state index contributed by atoms with van der Waals surface area (Å²) in [6, 6.07) is 22.8. The lowest BCUT2D eigenvalue weighted by atomic mass is 9.77. The van der Waals surface area contributed by atoms with Crippen molar-refractivity contribution < 1.29 is 4.80 Å². The summed E-state index contributed by atoms with van der Waals surface area (Å²) in [6.07, 6.45) is 10.5. The van der Waals surface area contributed by atoms with Gasteiger partial charge < -0.3 is 9.78 Å². The molecule has 0 spiro atoms. The van der Waals surface area contributed by atoms with Crippen LogP contribution in [0.2, 0.25) is 5.04 Å². The molecule has 1 aliphatic carbocycles. The molecule has 190 valence electrons. The Bertz CT molecular complexity index is 1450. The number of fused-ring (bicyclic) bond motifs is 3. The molecule has 7 heteroatoms. The minimum Gasteiger partial charge on any atom is -0.424 e. The Balaban J connectivity index is 1.17. The maximum Gasteiger partial charge on any atom is 0.258 e. The molecular formula is C30H35N5OSi. The second-order valence-electron chi connectivity index (χ2n) is 11.3. The average molecular weight is 510 g/mol. The summed E-state index contributed by atoms with van der Waals surface area (Å²) < 4.78 is 1.82. The molecule has 5 aromatic rings. The fourth-order valence-electron chi connectivity index (χ4n) is 6.47. The Morgan fingerprint density at radius 3 is 2.24 bits per heavy atom. The van der Waals surface area contributed by atoms with E-state index in [2.05, 4.69) is 88.7 Å². The van der Waals surface area contributed by atoms with E-state index in [1.165, 1.54) is 12.8 Å². The predicted molar refractivity (Wildman–Crippen MR) is 151 cm³/mol. The van der Waals surface area contributed by atoms with Crippen LogP contribution in [0.3, 0.4) is 0 Å². The van der Waals surface area contributed by atoms with Gasteiger partial charge in [-0.25, -0.2) is 9.50 Å². The highest BCUT2D eigenvalue weighted by Crippen LogP contribution is 2.44.